The zero-order valence-electron chi connectivity index (χ0n) is 13.1. The van der Waals surface area contributed by atoms with Gasteiger partial charge in [0.05, 0.1) is 0 Å². The number of hydrogen-bond donors (Lipinski definition) is 2. The molecule has 2 N–H and O–H groups in total. The zero-order chi connectivity index (χ0) is 15.8. The summed E-state index contributed by atoms with van der Waals surface area (Å²) in [4.78, 5) is 0. The molecule has 0 saturated carbocycles. The van der Waals surface area contributed by atoms with Crippen LogP contribution in [0.2, 0.25) is 0 Å². The van der Waals surface area contributed by atoms with Gasteiger partial charge in [0.1, 0.15) is 0 Å². The van der Waals surface area contributed by atoms with Gasteiger partial charge in [0, 0.05) is 23.7 Å². The van der Waals surface area contributed by atoms with Crippen molar-refractivity contribution >= 4 is 34.8 Å². The highest BCUT2D eigenvalue weighted by molar-refractivity contribution is 7.98. The number of thioether (sulfide) groups is 1. The van der Waals surface area contributed by atoms with Crippen LogP contribution in [0, 0.1) is 13.8 Å². The van der Waals surface area contributed by atoms with Crippen LogP contribution < -0.4 is 10.6 Å². The van der Waals surface area contributed by atoms with E-state index in [0.717, 1.165) is 23.7 Å². The molecule has 0 aliphatic carbocycles. The van der Waals surface area contributed by atoms with Gasteiger partial charge in [-0.1, -0.05) is 48.0 Å². The van der Waals surface area contributed by atoms with E-state index >= 15 is 0 Å². The van der Waals surface area contributed by atoms with Crippen LogP contribution >= 0.6 is 24.0 Å². The maximum absolute atomic E-state index is 5.34. The van der Waals surface area contributed by atoms with Crippen molar-refractivity contribution in [1.82, 2.24) is 5.32 Å². The maximum Gasteiger partial charge on any atom is 0.170 e. The van der Waals surface area contributed by atoms with Crippen molar-refractivity contribution in [3.63, 3.8) is 0 Å². The lowest BCUT2D eigenvalue weighted by Gasteiger charge is -2.13. The predicted octanol–water partition coefficient (Wildman–Crippen LogP) is 4.52. The second-order valence-electron chi connectivity index (χ2n) is 5.24. The molecule has 0 unspecified atom stereocenters. The first-order chi connectivity index (χ1) is 10.6. The van der Waals surface area contributed by atoms with Crippen LogP contribution in [0.5, 0.6) is 0 Å². The molecule has 2 nitrogen and oxygen atoms in total. The Balaban J connectivity index is 1.65. The number of thiocarbonyl (C=S) groups is 1. The summed E-state index contributed by atoms with van der Waals surface area (Å²) in [6.07, 6.45) is 0. The molecule has 0 aliphatic heterocycles. The van der Waals surface area contributed by atoms with Crippen LogP contribution in [0.1, 0.15) is 16.7 Å². The summed E-state index contributed by atoms with van der Waals surface area (Å²) in [6.45, 7) is 5.05. The molecule has 0 fully saturated rings. The quantitative estimate of drug-likeness (QED) is 0.600. The van der Waals surface area contributed by atoms with Crippen molar-refractivity contribution in [2.75, 3.05) is 17.6 Å². The molecule has 0 radical (unpaired) electrons. The smallest absolute Gasteiger partial charge is 0.170 e. The first-order valence-corrected chi connectivity index (χ1v) is 8.95. The SMILES string of the molecule is Cc1ccc(NC(=S)NCCSCc2ccccc2)c(C)c1. The molecule has 0 amide bonds. The Morgan fingerprint density at radius 3 is 2.59 bits per heavy atom. The lowest BCUT2D eigenvalue weighted by molar-refractivity contribution is 0.989. The van der Waals surface area contributed by atoms with Gasteiger partial charge in [-0.25, -0.2) is 0 Å². The molecule has 2 aromatic rings. The predicted molar refractivity (Wildman–Crippen MR) is 103 cm³/mol. The Labute approximate surface area is 142 Å². The standard InChI is InChI=1S/C18H22N2S2/c1-14-8-9-17(15(2)12-14)20-18(21)19-10-11-22-13-16-6-4-3-5-7-16/h3-9,12H,10-11,13H2,1-2H3,(H2,19,20,21). The summed E-state index contributed by atoms with van der Waals surface area (Å²) in [5, 5.41) is 7.20. The van der Waals surface area contributed by atoms with E-state index in [1.165, 1.54) is 16.7 Å². The van der Waals surface area contributed by atoms with Gasteiger partial charge in [-0.2, -0.15) is 11.8 Å². The van der Waals surface area contributed by atoms with Crippen LogP contribution in [0.3, 0.4) is 0 Å². The lowest BCUT2D eigenvalue weighted by atomic mass is 10.1. The summed E-state index contributed by atoms with van der Waals surface area (Å²) in [5.74, 6) is 2.07. The van der Waals surface area contributed by atoms with Crippen molar-refractivity contribution in [2.45, 2.75) is 19.6 Å². The van der Waals surface area contributed by atoms with Gasteiger partial charge in [0.25, 0.3) is 0 Å². The molecule has 0 aliphatic rings. The van der Waals surface area contributed by atoms with Gasteiger partial charge < -0.3 is 10.6 Å². The van der Waals surface area contributed by atoms with E-state index in [4.69, 9.17) is 12.2 Å². The number of hydrogen-bond acceptors (Lipinski definition) is 2. The third-order valence-electron chi connectivity index (χ3n) is 3.27. The van der Waals surface area contributed by atoms with Gasteiger partial charge in [0.2, 0.25) is 0 Å². The Bertz CT molecular complexity index is 612. The Morgan fingerprint density at radius 2 is 1.86 bits per heavy atom. The van der Waals surface area contributed by atoms with Crippen molar-refractivity contribution < 1.29 is 0 Å². The van der Waals surface area contributed by atoms with Crippen molar-refractivity contribution in [2.24, 2.45) is 0 Å². The summed E-state index contributed by atoms with van der Waals surface area (Å²) in [7, 11) is 0. The average molecular weight is 331 g/mol. The molecule has 0 heterocycles. The summed E-state index contributed by atoms with van der Waals surface area (Å²) < 4.78 is 0. The Morgan fingerprint density at radius 1 is 1.09 bits per heavy atom. The van der Waals surface area contributed by atoms with E-state index in [2.05, 4.69) is 66.9 Å². The van der Waals surface area contributed by atoms with Crippen molar-refractivity contribution in [3.05, 3.63) is 65.2 Å². The minimum absolute atomic E-state index is 0.687. The summed E-state index contributed by atoms with van der Waals surface area (Å²) in [5.41, 5.74) is 4.91. The topological polar surface area (TPSA) is 24.1 Å². The molecule has 0 bridgehead atoms. The fourth-order valence-corrected chi connectivity index (χ4v) is 3.15. The minimum Gasteiger partial charge on any atom is -0.362 e. The molecule has 22 heavy (non-hydrogen) atoms. The number of anilines is 1. The largest absolute Gasteiger partial charge is 0.362 e. The Hall–Kier alpha value is -1.52. The highest BCUT2D eigenvalue weighted by Crippen LogP contribution is 2.15. The third-order valence-corrected chi connectivity index (χ3v) is 4.55. The molecule has 0 aromatic heterocycles. The molecule has 2 rings (SSSR count). The van der Waals surface area contributed by atoms with E-state index < -0.39 is 0 Å². The molecule has 0 spiro atoms. The lowest BCUT2D eigenvalue weighted by Crippen LogP contribution is -2.30. The molecular formula is C18H22N2S2. The van der Waals surface area contributed by atoms with Crippen molar-refractivity contribution in [3.8, 4) is 0 Å². The second-order valence-corrected chi connectivity index (χ2v) is 6.75. The molecule has 0 atom stereocenters. The van der Waals surface area contributed by atoms with E-state index in [1.54, 1.807) is 0 Å². The highest BCUT2D eigenvalue weighted by atomic mass is 32.2. The second kappa shape index (κ2) is 8.81. The summed E-state index contributed by atoms with van der Waals surface area (Å²) >= 11 is 7.25. The van der Waals surface area contributed by atoms with Crippen LogP contribution in [-0.2, 0) is 5.75 Å². The van der Waals surface area contributed by atoms with Gasteiger partial charge >= 0.3 is 0 Å². The maximum atomic E-state index is 5.34. The minimum atomic E-state index is 0.687. The number of benzene rings is 2. The van der Waals surface area contributed by atoms with E-state index in [0.29, 0.717) is 5.11 Å². The third kappa shape index (κ3) is 5.70. The van der Waals surface area contributed by atoms with Gasteiger partial charge in [-0.15, -0.1) is 0 Å². The van der Waals surface area contributed by atoms with Crippen LogP contribution in [0.4, 0.5) is 5.69 Å². The van der Waals surface area contributed by atoms with Gasteiger partial charge in [0.15, 0.2) is 5.11 Å². The molecule has 4 heteroatoms. The van der Waals surface area contributed by atoms with Crippen LogP contribution in [-0.4, -0.2) is 17.4 Å². The van der Waals surface area contributed by atoms with Gasteiger partial charge in [-0.3, -0.25) is 0 Å². The fraction of sp³-hybridized carbons (Fsp3) is 0.278. The average Bonchev–Trinajstić information content (AvgIpc) is 2.51. The number of aryl methyl sites for hydroxylation is 2. The first-order valence-electron chi connectivity index (χ1n) is 7.39. The molecule has 2 aromatic carbocycles. The number of nitrogens with one attached hydrogen (secondary N) is 2. The summed E-state index contributed by atoms with van der Waals surface area (Å²) in [6, 6.07) is 16.8. The molecule has 0 saturated heterocycles. The molecule has 116 valence electrons. The van der Waals surface area contributed by atoms with E-state index in [1.807, 2.05) is 17.8 Å². The normalized spacial score (nSPS) is 10.3. The van der Waals surface area contributed by atoms with Crippen molar-refractivity contribution in [1.29, 1.82) is 0 Å². The number of rotatable bonds is 6. The van der Waals surface area contributed by atoms with Crippen LogP contribution in [0.15, 0.2) is 48.5 Å². The Kier molecular flexibility index (Phi) is 6.74. The molecular weight excluding hydrogens is 308 g/mol. The monoisotopic (exact) mass is 330 g/mol. The van der Waals surface area contributed by atoms with E-state index in [9.17, 15) is 0 Å². The zero-order valence-corrected chi connectivity index (χ0v) is 14.7. The fourth-order valence-electron chi connectivity index (χ4n) is 2.12. The van der Waals surface area contributed by atoms with E-state index in [-0.39, 0.29) is 0 Å². The van der Waals surface area contributed by atoms with Crippen LogP contribution in [0.25, 0.3) is 0 Å². The highest BCUT2D eigenvalue weighted by Gasteiger charge is 2.01. The van der Waals surface area contributed by atoms with Gasteiger partial charge in [-0.05, 0) is 43.3 Å². The first kappa shape index (κ1) is 16.8.